The van der Waals surface area contributed by atoms with Gasteiger partial charge in [0.15, 0.2) is 5.69 Å². The quantitative estimate of drug-likeness (QED) is 0.453. The lowest BCUT2D eigenvalue weighted by atomic mass is 9.91. The van der Waals surface area contributed by atoms with E-state index >= 15 is 0 Å². The molecule has 36 heavy (non-hydrogen) atoms. The molecule has 1 amide bonds. The molecule has 0 bridgehead atoms. The van der Waals surface area contributed by atoms with E-state index in [1.165, 1.54) is 6.33 Å². The zero-order valence-corrected chi connectivity index (χ0v) is 19.9. The molecule has 5 rings (SSSR count). The van der Waals surface area contributed by atoms with Gasteiger partial charge >= 0.3 is 5.56 Å². The van der Waals surface area contributed by atoms with Crippen molar-refractivity contribution in [3.8, 4) is 23.5 Å². The van der Waals surface area contributed by atoms with Crippen LogP contribution in [0.3, 0.4) is 0 Å². The van der Waals surface area contributed by atoms with Crippen LogP contribution in [0.25, 0.3) is 5.95 Å². The highest BCUT2D eigenvalue weighted by atomic mass is 16.3. The molecule has 0 saturated heterocycles. The number of imidazole rings is 1. The molecule has 0 unspecified atom stereocenters. The van der Waals surface area contributed by atoms with Gasteiger partial charge in [0.05, 0.1) is 12.5 Å². The van der Waals surface area contributed by atoms with Crippen molar-refractivity contribution in [1.29, 1.82) is 0 Å². The highest BCUT2D eigenvalue weighted by Gasteiger charge is 2.37. The Labute approximate surface area is 208 Å². The standard InChI is InChI=1S/C28H25N5O3/c1-19(2)32-17-22(13-14-23(20-9-5-3-6-10-20)21-11-7-4-8-12-21)33-24(27(32)36)25(34)26(35)30-28(33)31-16-15-29-18-31/h3-12,15-16,18-19,22-23,34H,17H2,1-2H3/t22-/m0/s1. The van der Waals surface area contributed by atoms with Gasteiger partial charge in [-0.15, -0.1) is 0 Å². The van der Waals surface area contributed by atoms with E-state index in [0.717, 1.165) is 11.1 Å². The van der Waals surface area contributed by atoms with E-state index in [9.17, 15) is 14.7 Å². The number of carbonyl (C=O) groups excluding carboxylic acids is 1. The van der Waals surface area contributed by atoms with E-state index in [-0.39, 0.29) is 30.1 Å². The number of fused-ring (bicyclic) bond motifs is 1. The smallest absolute Gasteiger partial charge is 0.317 e. The SMILES string of the molecule is CC(C)N1C[C@H](C#CC(c2ccccc2)c2ccccc2)n2c(-n3ccnc3)nc(=O)c(O)c2C1=O. The molecule has 8 nitrogen and oxygen atoms in total. The number of aromatic nitrogens is 4. The van der Waals surface area contributed by atoms with E-state index in [1.807, 2.05) is 74.5 Å². The summed E-state index contributed by atoms with van der Waals surface area (Å²) in [6.07, 6.45) is 4.68. The Morgan fingerprint density at radius 3 is 2.19 bits per heavy atom. The van der Waals surface area contributed by atoms with Gasteiger partial charge in [-0.3, -0.25) is 18.7 Å². The molecule has 0 radical (unpaired) electrons. The summed E-state index contributed by atoms with van der Waals surface area (Å²) >= 11 is 0. The van der Waals surface area contributed by atoms with Crippen LogP contribution in [0.1, 0.15) is 47.4 Å². The first kappa shape index (κ1) is 23.1. The third-order valence-corrected chi connectivity index (χ3v) is 6.25. The summed E-state index contributed by atoms with van der Waals surface area (Å²) in [6.45, 7) is 4.06. The largest absolute Gasteiger partial charge is 0.501 e. The Morgan fingerprint density at radius 2 is 1.64 bits per heavy atom. The molecule has 2 aromatic carbocycles. The van der Waals surface area contributed by atoms with E-state index < -0.39 is 23.3 Å². The molecular formula is C28H25N5O3. The molecule has 0 spiro atoms. The van der Waals surface area contributed by atoms with E-state index in [4.69, 9.17) is 0 Å². The number of rotatable bonds is 4. The second kappa shape index (κ2) is 9.55. The topological polar surface area (TPSA) is 93.2 Å². The molecule has 4 aromatic rings. The van der Waals surface area contributed by atoms with Crippen molar-refractivity contribution in [3.63, 3.8) is 0 Å². The molecule has 0 saturated carbocycles. The highest BCUT2D eigenvalue weighted by Crippen LogP contribution is 2.30. The minimum atomic E-state index is -0.873. The average molecular weight is 480 g/mol. The maximum Gasteiger partial charge on any atom is 0.317 e. The summed E-state index contributed by atoms with van der Waals surface area (Å²) in [5.74, 6) is 5.63. The van der Waals surface area contributed by atoms with E-state index in [2.05, 4.69) is 21.8 Å². The van der Waals surface area contributed by atoms with Crippen LogP contribution in [0.15, 0.2) is 84.2 Å². The summed E-state index contributed by atoms with van der Waals surface area (Å²) in [6, 6.07) is 19.3. The van der Waals surface area contributed by atoms with Crippen LogP contribution in [0.2, 0.25) is 0 Å². The summed E-state index contributed by atoms with van der Waals surface area (Å²) in [5.41, 5.74) is 1.09. The molecule has 1 aliphatic rings. The second-order valence-electron chi connectivity index (χ2n) is 8.86. The number of aromatic hydroxyl groups is 1. The fourth-order valence-electron chi connectivity index (χ4n) is 4.44. The number of nitrogens with zero attached hydrogens (tertiary/aromatic N) is 5. The number of hydrogen-bond donors (Lipinski definition) is 1. The predicted octanol–water partition coefficient (Wildman–Crippen LogP) is 3.38. The van der Waals surface area contributed by atoms with Gasteiger partial charge in [0.2, 0.25) is 11.7 Å². The van der Waals surface area contributed by atoms with Crippen molar-refractivity contribution in [2.45, 2.75) is 31.8 Å². The van der Waals surface area contributed by atoms with Crippen LogP contribution >= 0.6 is 0 Å². The lowest BCUT2D eigenvalue weighted by Gasteiger charge is -2.37. The number of carbonyl (C=O) groups is 1. The van der Waals surface area contributed by atoms with Gasteiger partial charge in [0.25, 0.3) is 5.91 Å². The summed E-state index contributed by atoms with van der Waals surface area (Å²) in [5, 5.41) is 10.7. The zero-order chi connectivity index (χ0) is 25.2. The van der Waals surface area contributed by atoms with Crippen LogP contribution in [-0.4, -0.2) is 47.6 Å². The average Bonchev–Trinajstić information content (AvgIpc) is 3.43. The van der Waals surface area contributed by atoms with Crippen LogP contribution in [0.5, 0.6) is 5.75 Å². The lowest BCUT2D eigenvalue weighted by molar-refractivity contribution is 0.0623. The first-order valence-corrected chi connectivity index (χ1v) is 11.7. The van der Waals surface area contributed by atoms with Crippen LogP contribution in [-0.2, 0) is 0 Å². The fraction of sp³-hybridized carbons (Fsp3) is 0.214. The molecule has 0 aliphatic carbocycles. The molecule has 0 fully saturated rings. The molecule has 2 aromatic heterocycles. The first-order chi connectivity index (χ1) is 17.5. The van der Waals surface area contributed by atoms with Crippen molar-refractivity contribution in [2.75, 3.05) is 6.54 Å². The van der Waals surface area contributed by atoms with Gasteiger partial charge in [-0.1, -0.05) is 72.5 Å². The Hall–Kier alpha value is -4.64. The molecule has 3 heterocycles. The highest BCUT2D eigenvalue weighted by molar-refractivity contribution is 5.96. The Morgan fingerprint density at radius 1 is 1.00 bits per heavy atom. The molecular weight excluding hydrogens is 454 g/mol. The zero-order valence-electron chi connectivity index (χ0n) is 19.9. The van der Waals surface area contributed by atoms with Crippen LogP contribution in [0.4, 0.5) is 0 Å². The molecule has 1 atom stereocenters. The van der Waals surface area contributed by atoms with Crippen molar-refractivity contribution in [2.24, 2.45) is 0 Å². The van der Waals surface area contributed by atoms with E-state index in [1.54, 1.807) is 26.4 Å². The molecule has 8 heteroatoms. The van der Waals surface area contributed by atoms with Crippen molar-refractivity contribution < 1.29 is 9.90 Å². The minimum absolute atomic E-state index is 0.117. The number of hydrogen-bond acceptors (Lipinski definition) is 5. The van der Waals surface area contributed by atoms with Gasteiger partial charge in [-0.25, -0.2) is 4.98 Å². The maximum atomic E-state index is 13.4. The Bertz CT molecular complexity index is 1460. The Balaban J connectivity index is 1.71. The van der Waals surface area contributed by atoms with Gasteiger partial charge in [0, 0.05) is 18.4 Å². The first-order valence-electron chi connectivity index (χ1n) is 11.7. The van der Waals surface area contributed by atoms with Gasteiger partial charge < -0.3 is 10.0 Å². The van der Waals surface area contributed by atoms with Gasteiger partial charge in [-0.2, -0.15) is 4.98 Å². The minimum Gasteiger partial charge on any atom is -0.501 e. The van der Waals surface area contributed by atoms with Crippen molar-refractivity contribution in [1.82, 2.24) is 24.0 Å². The lowest BCUT2D eigenvalue weighted by Crippen LogP contribution is -2.48. The molecule has 180 valence electrons. The maximum absolute atomic E-state index is 13.4. The second-order valence-corrected chi connectivity index (χ2v) is 8.86. The normalized spacial score (nSPS) is 15.1. The Kier molecular flexibility index (Phi) is 6.13. The fourth-order valence-corrected chi connectivity index (χ4v) is 4.44. The van der Waals surface area contributed by atoms with Gasteiger partial charge in [0.1, 0.15) is 12.4 Å². The van der Waals surface area contributed by atoms with Crippen LogP contribution in [0, 0.1) is 11.8 Å². The third kappa shape index (κ3) is 4.16. The van der Waals surface area contributed by atoms with Crippen LogP contribution < -0.4 is 5.56 Å². The number of benzene rings is 2. The third-order valence-electron chi connectivity index (χ3n) is 6.25. The number of amides is 1. The predicted molar refractivity (Wildman–Crippen MR) is 135 cm³/mol. The van der Waals surface area contributed by atoms with Crippen molar-refractivity contribution in [3.05, 3.63) is 107 Å². The monoisotopic (exact) mass is 479 g/mol. The van der Waals surface area contributed by atoms with E-state index in [0.29, 0.717) is 0 Å². The van der Waals surface area contributed by atoms with Crippen molar-refractivity contribution >= 4 is 5.91 Å². The van der Waals surface area contributed by atoms with Gasteiger partial charge in [-0.05, 0) is 25.0 Å². The summed E-state index contributed by atoms with van der Waals surface area (Å²) in [7, 11) is 0. The molecule has 1 N–H and O–H groups in total. The summed E-state index contributed by atoms with van der Waals surface area (Å²) < 4.78 is 3.10. The summed E-state index contributed by atoms with van der Waals surface area (Å²) in [4.78, 5) is 35.7. The molecule has 1 aliphatic heterocycles.